The molecule has 0 radical (unpaired) electrons. The van der Waals surface area contributed by atoms with Crippen molar-refractivity contribution in [2.45, 2.75) is 25.2 Å². The molecule has 1 saturated heterocycles. The second kappa shape index (κ2) is 5.99. The van der Waals surface area contributed by atoms with Crippen LogP contribution < -0.4 is 10.2 Å². The molecule has 1 saturated carbocycles. The normalized spacial score (nSPS) is 17.6. The van der Waals surface area contributed by atoms with Crippen LogP contribution in [0.1, 0.15) is 30.7 Å². The van der Waals surface area contributed by atoms with Crippen molar-refractivity contribution in [2.24, 2.45) is 0 Å². The number of aromatic nitrogens is 3. The highest BCUT2D eigenvalue weighted by Gasteiger charge is 2.28. The lowest BCUT2D eigenvalue weighted by Crippen LogP contribution is -2.46. The Bertz CT molecular complexity index is 1010. The van der Waals surface area contributed by atoms with E-state index in [1.807, 2.05) is 24.4 Å². The molecule has 132 valence electrons. The fourth-order valence-corrected chi connectivity index (χ4v) is 3.89. The highest BCUT2D eigenvalue weighted by atomic mass is 35.5. The predicted molar refractivity (Wildman–Crippen MR) is 102 cm³/mol. The van der Waals surface area contributed by atoms with E-state index in [0.29, 0.717) is 29.8 Å². The molecule has 5 rings (SSSR count). The first-order valence-corrected chi connectivity index (χ1v) is 9.28. The number of amides is 2. The summed E-state index contributed by atoms with van der Waals surface area (Å²) in [7, 11) is 0. The Morgan fingerprint density at radius 2 is 2.15 bits per heavy atom. The van der Waals surface area contributed by atoms with E-state index in [0.717, 1.165) is 28.7 Å². The molecule has 2 amide bonds. The van der Waals surface area contributed by atoms with Crippen molar-refractivity contribution in [2.75, 3.05) is 18.0 Å². The van der Waals surface area contributed by atoms with E-state index in [1.54, 1.807) is 11.1 Å². The number of pyridine rings is 2. The molecule has 3 aromatic heterocycles. The fraction of sp³-hybridized carbons (Fsp3) is 0.316. The number of anilines is 1. The van der Waals surface area contributed by atoms with Gasteiger partial charge in [-0.25, -0.2) is 14.8 Å². The molecule has 3 aromatic rings. The molecule has 0 aromatic carbocycles. The van der Waals surface area contributed by atoms with Gasteiger partial charge in [-0.05, 0) is 42.9 Å². The van der Waals surface area contributed by atoms with Gasteiger partial charge >= 0.3 is 6.03 Å². The van der Waals surface area contributed by atoms with Crippen LogP contribution in [0.4, 0.5) is 10.6 Å². The number of halogens is 1. The molecule has 1 aliphatic heterocycles. The Balaban J connectivity index is 1.59. The predicted octanol–water partition coefficient (Wildman–Crippen LogP) is 4.08. The highest BCUT2D eigenvalue weighted by molar-refractivity contribution is 6.38. The van der Waals surface area contributed by atoms with Crippen molar-refractivity contribution in [3.63, 3.8) is 0 Å². The molecule has 6 nitrogen and oxygen atoms in total. The van der Waals surface area contributed by atoms with Crippen LogP contribution in [-0.4, -0.2) is 34.1 Å². The number of rotatable bonds is 3. The Kier molecular flexibility index (Phi) is 3.60. The number of fused-ring (bicyclic) bond motifs is 1. The molecule has 26 heavy (non-hydrogen) atoms. The second-order valence-electron chi connectivity index (χ2n) is 6.85. The summed E-state index contributed by atoms with van der Waals surface area (Å²) in [6.07, 6.45) is 7.07. The van der Waals surface area contributed by atoms with Gasteiger partial charge in [-0.1, -0.05) is 17.7 Å². The molecule has 0 bridgehead atoms. The Morgan fingerprint density at radius 3 is 2.96 bits per heavy atom. The summed E-state index contributed by atoms with van der Waals surface area (Å²) in [5.41, 5.74) is 3.57. The molecule has 2 N–H and O–H groups in total. The van der Waals surface area contributed by atoms with Gasteiger partial charge in [0, 0.05) is 36.4 Å². The number of nitrogens with one attached hydrogen (secondary N) is 2. The van der Waals surface area contributed by atoms with E-state index in [9.17, 15) is 4.79 Å². The molecule has 0 spiro atoms. The van der Waals surface area contributed by atoms with Crippen LogP contribution in [0.25, 0.3) is 22.3 Å². The van der Waals surface area contributed by atoms with E-state index in [-0.39, 0.29) is 6.03 Å². The zero-order chi connectivity index (χ0) is 17.7. The standard InChI is InChI=1S/C19H18ClN5O/c20-17-13(10-23-18-16(17)12(9-22-18)11-5-6-11)14-3-1-4-15(24-14)25-8-2-7-21-19(25)26/h1,3-4,9-11H,2,5-8H2,(H,21,26)(H,22,23). The lowest BCUT2D eigenvalue weighted by atomic mass is 10.1. The number of nitrogens with zero attached hydrogens (tertiary/aromatic N) is 3. The van der Waals surface area contributed by atoms with Gasteiger partial charge in [0.15, 0.2) is 0 Å². The van der Waals surface area contributed by atoms with Crippen molar-refractivity contribution in [1.82, 2.24) is 20.3 Å². The number of carbonyl (C=O) groups excluding carboxylic acids is 1. The maximum Gasteiger partial charge on any atom is 0.323 e. The van der Waals surface area contributed by atoms with Crippen molar-refractivity contribution < 1.29 is 4.79 Å². The number of hydrogen-bond donors (Lipinski definition) is 2. The van der Waals surface area contributed by atoms with Gasteiger partial charge in [-0.3, -0.25) is 4.90 Å². The van der Waals surface area contributed by atoms with Crippen LogP contribution in [0.15, 0.2) is 30.6 Å². The van der Waals surface area contributed by atoms with Crippen LogP contribution in [-0.2, 0) is 0 Å². The van der Waals surface area contributed by atoms with Gasteiger partial charge < -0.3 is 10.3 Å². The van der Waals surface area contributed by atoms with Crippen molar-refractivity contribution in [1.29, 1.82) is 0 Å². The Hall–Kier alpha value is -2.60. The zero-order valence-corrected chi connectivity index (χ0v) is 14.9. The van der Waals surface area contributed by atoms with Crippen LogP contribution in [0, 0.1) is 0 Å². The number of H-pyrrole nitrogens is 1. The average Bonchev–Trinajstić information content (AvgIpc) is 3.41. The first-order chi connectivity index (χ1) is 12.7. The zero-order valence-electron chi connectivity index (χ0n) is 14.1. The SMILES string of the molecule is O=C1NCCCN1c1cccc(-c2cnc3[nH]cc(C4CC4)c3c2Cl)n1. The highest BCUT2D eigenvalue weighted by Crippen LogP contribution is 2.46. The lowest BCUT2D eigenvalue weighted by molar-refractivity contribution is 0.242. The van der Waals surface area contributed by atoms with E-state index < -0.39 is 0 Å². The number of carbonyl (C=O) groups is 1. The number of aromatic amines is 1. The van der Waals surface area contributed by atoms with Gasteiger partial charge in [0.2, 0.25) is 0 Å². The molecule has 0 atom stereocenters. The smallest absolute Gasteiger partial charge is 0.323 e. The maximum absolute atomic E-state index is 12.1. The van der Waals surface area contributed by atoms with Crippen LogP contribution in [0.5, 0.6) is 0 Å². The largest absolute Gasteiger partial charge is 0.346 e. The van der Waals surface area contributed by atoms with E-state index >= 15 is 0 Å². The first kappa shape index (κ1) is 15.6. The minimum Gasteiger partial charge on any atom is -0.346 e. The molecular formula is C19H18ClN5O. The molecule has 2 aliphatic rings. The van der Waals surface area contributed by atoms with Crippen molar-refractivity contribution in [3.05, 3.63) is 41.2 Å². The minimum absolute atomic E-state index is 0.109. The van der Waals surface area contributed by atoms with Gasteiger partial charge in [-0.15, -0.1) is 0 Å². The lowest BCUT2D eigenvalue weighted by Gasteiger charge is -2.26. The van der Waals surface area contributed by atoms with Crippen LogP contribution in [0.3, 0.4) is 0 Å². The summed E-state index contributed by atoms with van der Waals surface area (Å²) >= 11 is 6.77. The van der Waals surface area contributed by atoms with E-state index in [2.05, 4.69) is 20.3 Å². The topological polar surface area (TPSA) is 73.9 Å². The van der Waals surface area contributed by atoms with E-state index in [1.165, 1.54) is 18.4 Å². The summed E-state index contributed by atoms with van der Waals surface area (Å²) in [5.74, 6) is 1.21. The molecule has 1 aliphatic carbocycles. The molecular weight excluding hydrogens is 350 g/mol. The molecule has 7 heteroatoms. The molecule has 0 unspecified atom stereocenters. The summed E-state index contributed by atoms with van der Waals surface area (Å²) in [4.78, 5) is 26.2. The molecule has 4 heterocycles. The van der Waals surface area contributed by atoms with Crippen LogP contribution in [0.2, 0.25) is 5.02 Å². The average molecular weight is 368 g/mol. The Morgan fingerprint density at radius 1 is 1.27 bits per heavy atom. The Labute approximate surface area is 155 Å². The fourth-order valence-electron chi connectivity index (χ4n) is 3.55. The third-order valence-corrected chi connectivity index (χ3v) is 5.45. The van der Waals surface area contributed by atoms with Crippen molar-refractivity contribution >= 4 is 34.5 Å². The summed E-state index contributed by atoms with van der Waals surface area (Å²) in [6, 6.07) is 5.55. The van der Waals surface area contributed by atoms with E-state index in [4.69, 9.17) is 11.6 Å². The monoisotopic (exact) mass is 367 g/mol. The van der Waals surface area contributed by atoms with Crippen molar-refractivity contribution in [3.8, 4) is 11.3 Å². The van der Waals surface area contributed by atoms with Crippen LogP contribution >= 0.6 is 11.6 Å². The minimum atomic E-state index is -0.109. The second-order valence-corrected chi connectivity index (χ2v) is 7.22. The third kappa shape index (κ3) is 2.52. The maximum atomic E-state index is 12.1. The third-order valence-electron chi connectivity index (χ3n) is 5.05. The quantitative estimate of drug-likeness (QED) is 0.732. The van der Waals surface area contributed by atoms with Gasteiger partial charge in [-0.2, -0.15) is 0 Å². The number of urea groups is 1. The van der Waals surface area contributed by atoms with Gasteiger partial charge in [0.25, 0.3) is 0 Å². The summed E-state index contributed by atoms with van der Waals surface area (Å²) < 4.78 is 0. The summed E-state index contributed by atoms with van der Waals surface area (Å²) in [6.45, 7) is 1.37. The first-order valence-electron chi connectivity index (χ1n) is 8.90. The molecule has 2 fully saturated rings. The van der Waals surface area contributed by atoms with Gasteiger partial charge in [0.1, 0.15) is 11.5 Å². The summed E-state index contributed by atoms with van der Waals surface area (Å²) in [5, 5.41) is 4.52. The number of hydrogen-bond acceptors (Lipinski definition) is 3. The van der Waals surface area contributed by atoms with Gasteiger partial charge in [0.05, 0.1) is 10.7 Å².